The third-order valence-electron chi connectivity index (χ3n) is 3.41. The van der Waals surface area contributed by atoms with Crippen LogP contribution in [0.5, 0.6) is 5.75 Å². The zero-order valence-electron chi connectivity index (χ0n) is 12.3. The lowest BCUT2D eigenvalue weighted by atomic mass is 10.0. The number of nitrogens with two attached hydrogens (primary N) is 1. The molecule has 0 heterocycles. The molecule has 2 rings (SSSR count). The van der Waals surface area contributed by atoms with Crippen LogP contribution in [0.4, 0.5) is 5.69 Å². The Morgan fingerprint density at radius 3 is 2.43 bits per heavy atom. The molecule has 0 fully saturated rings. The van der Waals surface area contributed by atoms with E-state index in [9.17, 15) is 4.79 Å². The first kappa shape index (κ1) is 15.1. The number of hydrogen-bond acceptors (Lipinski definition) is 3. The fraction of sp³-hybridized carbons (Fsp3) is 0.278. The van der Waals surface area contributed by atoms with Crippen LogP contribution in [0, 0.1) is 0 Å². The van der Waals surface area contributed by atoms with Crippen LogP contribution in [0.3, 0.4) is 0 Å². The Bertz CT molecular complexity index is 593. The van der Waals surface area contributed by atoms with Crippen molar-refractivity contribution in [1.29, 1.82) is 0 Å². The number of ether oxygens (including phenoxy) is 1. The van der Waals surface area contributed by atoms with Crippen LogP contribution < -0.4 is 10.5 Å². The number of aryl methyl sites for hydroxylation is 2. The molecule has 2 aromatic carbocycles. The SMILES string of the molecule is CC(=O)Oc1cccc(CCCCc2ccccc2)c1N. The topological polar surface area (TPSA) is 52.3 Å². The third kappa shape index (κ3) is 4.63. The number of para-hydroxylation sites is 1. The summed E-state index contributed by atoms with van der Waals surface area (Å²) in [4.78, 5) is 11.0. The van der Waals surface area contributed by atoms with Gasteiger partial charge < -0.3 is 10.5 Å². The molecular formula is C18H21NO2. The van der Waals surface area contributed by atoms with Crippen LogP contribution >= 0.6 is 0 Å². The first-order valence-electron chi connectivity index (χ1n) is 7.26. The van der Waals surface area contributed by atoms with Gasteiger partial charge in [0.25, 0.3) is 0 Å². The number of benzene rings is 2. The molecule has 0 aliphatic carbocycles. The summed E-state index contributed by atoms with van der Waals surface area (Å²) >= 11 is 0. The van der Waals surface area contributed by atoms with E-state index in [1.54, 1.807) is 6.07 Å². The molecule has 110 valence electrons. The zero-order valence-corrected chi connectivity index (χ0v) is 12.3. The Morgan fingerprint density at radius 1 is 1.00 bits per heavy atom. The highest BCUT2D eigenvalue weighted by atomic mass is 16.5. The summed E-state index contributed by atoms with van der Waals surface area (Å²) in [6, 6.07) is 16.1. The number of nitrogen functional groups attached to an aromatic ring is 1. The van der Waals surface area contributed by atoms with Crippen molar-refractivity contribution < 1.29 is 9.53 Å². The lowest BCUT2D eigenvalue weighted by Crippen LogP contribution is -2.05. The van der Waals surface area contributed by atoms with Gasteiger partial charge in [0, 0.05) is 6.92 Å². The van der Waals surface area contributed by atoms with E-state index in [1.807, 2.05) is 18.2 Å². The molecular weight excluding hydrogens is 262 g/mol. The van der Waals surface area contributed by atoms with Crippen molar-refractivity contribution in [3.8, 4) is 5.75 Å². The van der Waals surface area contributed by atoms with Crippen LogP contribution in [-0.4, -0.2) is 5.97 Å². The molecule has 0 aliphatic rings. The van der Waals surface area contributed by atoms with E-state index in [4.69, 9.17) is 10.5 Å². The van der Waals surface area contributed by atoms with Crippen LogP contribution in [0.25, 0.3) is 0 Å². The monoisotopic (exact) mass is 283 g/mol. The average molecular weight is 283 g/mol. The van der Waals surface area contributed by atoms with Gasteiger partial charge in [-0.3, -0.25) is 4.79 Å². The van der Waals surface area contributed by atoms with Crippen molar-refractivity contribution >= 4 is 11.7 Å². The molecule has 0 aromatic heterocycles. The van der Waals surface area contributed by atoms with E-state index in [0.29, 0.717) is 11.4 Å². The summed E-state index contributed by atoms with van der Waals surface area (Å²) in [6.07, 6.45) is 4.14. The predicted molar refractivity (Wildman–Crippen MR) is 85.2 cm³/mol. The highest BCUT2D eigenvalue weighted by Gasteiger charge is 2.07. The smallest absolute Gasteiger partial charge is 0.308 e. The molecule has 0 aliphatic heterocycles. The van der Waals surface area contributed by atoms with Gasteiger partial charge in [0.05, 0.1) is 5.69 Å². The molecule has 0 radical (unpaired) electrons. The van der Waals surface area contributed by atoms with Crippen molar-refractivity contribution in [3.05, 3.63) is 59.7 Å². The Hall–Kier alpha value is -2.29. The average Bonchev–Trinajstić information content (AvgIpc) is 2.48. The Labute approximate surface area is 125 Å². The van der Waals surface area contributed by atoms with Crippen molar-refractivity contribution in [2.45, 2.75) is 32.6 Å². The van der Waals surface area contributed by atoms with E-state index in [0.717, 1.165) is 31.2 Å². The van der Waals surface area contributed by atoms with Crippen LogP contribution in [-0.2, 0) is 17.6 Å². The number of unbranched alkanes of at least 4 members (excludes halogenated alkanes) is 1. The molecule has 0 atom stereocenters. The maximum atomic E-state index is 11.0. The van der Waals surface area contributed by atoms with Crippen LogP contribution in [0.1, 0.15) is 30.9 Å². The number of carbonyl (C=O) groups is 1. The Morgan fingerprint density at radius 2 is 1.71 bits per heavy atom. The van der Waals surface area contributed by atoms with Crippen molar-refractivity contribution in [2.75, 3.05) is 5.73 Å². The van der Waals surface area contributed by atoms with Gasteiger partial charge in [0.2, 0.25) is 0 Å². The van der Waals surface area contributed by atoms with E-state index in [2.05, 4.69) is 24.3 Å². The number of hydrogen-bond donors (Lipinski definition) is 1. The second-order valence-corrected chi connectivity index (χ2v) is 5.12. The molecule has 3 nitrogen and oxygen atoms in total. The van der Waals surface area contributed by atoms with E-state index < -0.39 is 0 Å². The first-order valence-corrected chi connectivity index (χ1v) is 7.26. The highest BCUT2D eigenvalue weighted by molar-refractivity contribution is 5.72. The summed E-state index contributed by atoms with van der Waals surface area (Å²) in [5, 5.41) is 0. The lowest BCUT2D eigenvalue weighted by molar-refractivity contribution is -0.131. The van der Waals surface area contributed by atoms with Crippen LogP contribution in [0.2, 0.25) is 0 Å². The van der Waals surface area contributed by atoms with Gasteiger partial charge in [0.15, 0.2) is 5.75 Å². The fourth-order valence-electron chi connectivity index (χ4n) is 2.34. The normalized spacial score (nSPS) is 10.3. The maximum Gasteiger partial charge on any atom is 0.308 e. The van der Waals surface area contributed by atoms with Gasteiger partial charge >= 0.3 is 5.97 Å². The second kappa shape index (κ2) is 7.48. The number of anilines is 1. The van der Waals surface area contributed by atoms with Gasteiger partial charge in [-0.15, -0.1) is 0 Å². The zero-order chi connectivity index (χ0) is 15.1. The molecule has 21 heavy (non-hydrogen) atoms. The van der Waals surface area contributed by atoms with E-state index >= 15 is 0 Å². The van der Waals surface area contributed by atoms with Gasteiger partial charge in [-0.1, -0.05) is 42.5 Å². The molecule has 0 unspecified atom stereocenters. The largest absolute Gasteiger partial charge is 0.425 e. The molecule has 2 N–H and O–H groups in total. The van der Waals surface area contributed by atoms with Crippen molar-refractivity contribution in [1.82, 2.24) is 0 Å². The predicted octanol–water partition coefficient (Wildman–Crippen LogP) is 3.76. The highest BCUT2D eigenvalue weighted by Crippen LogP contribution is 2.26. The summed E-state index contributed by atoms with van der Waals surface area (Å²) in [5.41, 5.74) is 9.03. The van der Waals surface area contributed by atoms with Crippen molar-refractivity contribution in [2.24, 2.45) is 0 Å². The lowest BCUT2D eigenvalue weighted by Gasteiger charge is -2.10. The molecule has 0 spiro atoms. The third-order valence-corrected chi connectivity index (χ3v) is 3.41. The summed E-state index contributed by atoms with van der Waals surface area (Å²) < 4.78 is 5.10. The molecule has 0 saturated heterocycles. The number of esters is 1. The van der Waals surface area contributed by atoms with Gasteiger partial charge in [-0.2, -0.15) is 0 Å². The van der Waals surface area contributed by atoms with Gasteiger partial charge in [-0.25, -0.2) is 0 Å². The minimum absolute atomic E-state index is 0.345. The second-order valence-electron chi connectivity index (χ2n) is 5.12. The molecule has 2 aromatic rings. The van der Waals surface area contributed by atoms with Crippen LogP contribution in [0.15, 0.2) is 48.5 Å². The maximum absolute atomic E-state index is 11.0. The van der Waals surface area contributed by atoms with E-state index in [-0.39, 0.29) is 5.97 Å². The van der Waals surface area contributed by atoms with Crippen molar-refractivity contribution in [3.63, 3.8) is 0 Å². The minimum Gasteiger partial charge on any atom is -0.425 e. The number of rotatable bonds is 6. The standard InChI is InChI=1S/C18H21NO2/c1-14(20)21-17-13-7-12-16(18(17)19)11-6-5-10-15-8-3-2-4-9-15/h2-4,7-9,12-13H,5-6,10-11,19H2,1H3. The molecule has 0 bridgehead atoms. The quantitative estimate of drug-likeness (QED) is 0.380. The number of carbonyl (C=O) groups excluding carboxylic acids is 1. The van der Waals surface area contributed by atoms with Gasteiger partial charge in [0.1, 0.15) is 0 Å². The first-order chi connectivity index (χ1) is 10.2. The van der Waals surface area contributed by atoms with Gasteiger partial charge in [-0.05, 0) is 42.9 Å². The molecule has 0 saturated carbocycles. The molecule has 0 amide bonds. The Balaban J connectivity index is 1.87. The fourth-order valence-corrected chi connectivity index (χ4v) is 2.34. The van der Waals surface area contributed by atoms with E-state index in [1.165, 1.54) is 12.5 Å². The minimum atomic E-state index is -0.345. The summed E-state index contributed by atoms with van der Waals surface area (Å²) in [5.74, 6) is 0.117. The molecule has 3 heteroatoms. The summed E-state index contributed by atoms with van der Waals surface area (Å²) in [6.45, 7) is 1.38. The Kier molecular flexibility index (Phi) is 5.38. The summed E-state index contributed by atoms with van der Waals surface area (Å²) in [7, 11) is 0.